The Morgan fingerprint density at radius 2 is 1.86 bits per heavy atom. The van der Waals surface area contributed by atoms with Gasteiger partial charge in [-0.2, -0.15) is 0 Å². The second kappa shape index (κ2) is 7.50. The van der Waals surface area contributed by atoms with Crippen LogP contribution in [0.4, 0.5) is 0 Å². The lowest BCUT2D eigenvalue weighted by molar-refractivity contribution is 0.0926. The number of hydrogen-bond donors (Lipinski definition) is 1. The van der Waals surface area contributed by atoms with Gasteiger partial charge in [0.05, 0.1) is 13.2 Å². The number of hydrogen-bond acceptors (Lipinski definition) is 3. The molecular formula is C18H21NO3. The van der Waals surface area contributed by atoms with Gasteiger partial charge in [-0.05, 0) is 44.2 Å². The fraction of sp³-hybridized carbons (Fsp3) is 0.278. The van der Waals surface area contributed by atoms with Crippen LogP contribution >= 0.6 is 0 Å². The van der Waals surface area contributed by atoms with Gasteiger partial charge in [0.25, 0.3) is 5.91 Å². The van der Waals surface area contributed by atoms with Crippen molar-refractivity contribution in [3.8, 4) is 11.5 Å². The molecule has 2 rings (SSSR count). The lowest BCUT2D eigenvalue weighted by Gasteiger charge is -2.15. The highest BCUT2D eigenvalue weighted by atomic mass is 16.5. The predicted octanol–water partition coefficient (Wildman–Crippen LogP) is 3.20. The fourth-order valence-corrected chi connectivity index (χ4v) is 1.97. The summed E-state index contributed by atoms with van der Waals surface area (Å²) >= 11 is 0. The molecule has 0 spiro atoms. The first-order chi connectivity index (χ1) is 10.6. The minimum absolute atomic E-state index is 0.0972. The number of amides is 1. The largest absolute Gasteiger partial charge is 0.497 e. The first-order valence-corrected chi connectivity index (χ1v) is 7.23. The van der Waals surface area contributed by atoms with Crippen molar-refractivity contribution in [2.75, 3.05) is 13.7 Å². The Morgan fingerprint density at radius 1 is 1.14 bits per heavy atom. The monoisotopic (exact) mass is 299 g/mol. The van der Waals surface area contributed by atoms with E-state index < -0.39 is 0 Å². The van der Waals surface area contributed by atoms with Crippen molar-refractivity contribution in [1.29, 1.82) is 0 Å². The van der Waals surface area contributed by atoms with E-state index in [1.165, 1.54) is 5.56 Å². The van der Waals surface area contributed by atoms with Crippen molar-refractivity contribution >= 4 is 5.91 Å². The van der Waals surface area contributed by atoms with Gasteiger partial charge in [0, 0.05) is 5.56 Å². The van der Waals surface area contributed by atoms with Gasteiger partial charge >= 0.3 is 0 Å². The minimum Gasteiger partial charge on any atom is -0.497 e. The molecule has 1 N–H and O–H groups in total. The lowest BCUT2D eigenvalue weighted by Crippen LogP contribution is -2.36. The molecule has 4 nitrogen and oxygen atoms in total. The van der Waals surface area contributed by atoms with Crippen LogP contribution in [0.1, 0.15) is 22.8 Å². The Bertz CT molecular complexity index is 622. The quantitative estimate of drug-likeness (QED) is 0.891. The molecular weight excluding hydrogens is 278 g/mol. The Hall–Kier alpha value is -2.49. The van der Waals surface area contributed by atoms with Crippen molar-refractivity contribution in [3.05, 3.63) is 59.7 Å². The molecule has 1 amide bonds. The number of rotatable bonds is 6. The summed E-state index contributed by atoms with van der Waals surface area (Å²) in [4.78, 5) is 12.2. The van der Waals surface area contributed by atoms with Crippen LogP contribution in [0.3, 0.4) is 0 Å². The van der Waals surface area contributed by atoms with E-state index in [0.29, 0.717) is 17.9 Å². The van der Waals surface area contributed by atoms with E-state index in [2.05, 4.69) is 5.32 Å². The van der Waals surface area contributed by atoms with Gasteiger partial charge in [0.2, 0.25) is 0 Å². The molecule has 0 aliphatic carbocycles. The molecule has 4 heteroatoms. The highest BCUT2D eigenvalue weighted by Crippen LogP contribution is 2.13. The van der Waals surface area contributed by atoms with E-state index >= 15 is 0 Å². The Labute approximate surface area is 131 Å². The molecule has 2 aromatic carbocycles. The number of carbonyl (C=O) groups excluding carboxylic acids is 1. The standard InChI is InChI=1S/C18H21NO3/c1-13-7-9-16(10-8-13)22-12-14(2)19-18(20)15-5-4-6-17(11-15)21-3/h4-11,14H,12H2,1-3H3,(H,19,20). The van der Waals surface area contributed by atoms with E-state index in [-0.39, 0.29) is 11.9 Å². The highest BCUT2D eigenvalue weighted by Gasteiger charge is 2.11. The van der Waals surface area contributed by atoms with Gasteiger partial charge < -0.3 is 14.8 Å². The molecule has 1 unspecified atom stereocenters. The number of aryl methyl sites for hydroxylation is 1. The Kier molecular flexibility index (Phi) is 5.42. The minimum atomic E-state index is -0.140. The highest BCUT2D eigenvalue weighted by molar-refractivity contribution is 5.94. The molecule has 0 fully saturated rings. The average molecular weight is 299 g/mol. The number of benzene rings is 2. The molecule has 2 aromatic rings. The molecule has 0 heterocycles. The van der Waals surface area contributed by atoms with Crippen molar-refractivity contribution in [3.63, 3.8) is 0 Å². The Morgan fingerprint density at radius 3 is 2.55 bits per heavy atom. The van der Waals surface area contributed by atoms with E-state index in [1.54, 1.807) is 31.4 Å². The van der Waals surface area contributed by atoms with Crippen LogP contribution in [-0.2, 0) is 0 Å². The summed E-state index contributed by atoms with van der Waals surface area (Å²) in [5.41, 5.74) is 1.76. The molecule has 1 atom stereocenters. The zero-order chi connectivity index (χ0) is 15.9. The molecule has 116 valence electrons. The van der Waals surface area contributed by atoms with Gasteiger partial charge in [-0.3, -0.25) is 4.79 Å². The Balaban J connectivity index is 1.86. The normalized spacial score (nSPS) is 11.6. The van der Waals surface area contributed by atoms with Gasteiger partial charge in [0.1, 0.15) is 18.1 Å². The predicted molar refractivity (Wildman–Crippen MR) is 86.6 cm³/mol. The summed E-state index contributed by atoms with van der Waals surface area (Å²) in [6.07, 6.45) is 0. The molecule has 0 aromatic heterocycles. The van der Waals surface area contributed by atoms with Crippen LogP contribution in [0, 0.1) is 6.92 Å². The van der Waals surface area contributed by atoms with Crippen molar-refractivity contribution < 1.29 is 14.3 Å². The summed E-state index contributed by atoms with van der Waals surface area (Å²) in [6, 6.07) is 14.8. The van der Waals surface area contributed by atoms with Crippen LogP contribution < -0.4 is 14.8 Å². The number of methoxy groups -OCH3 is 1. The summed E-state index contributed by atoms with van der Waals surface area (Å²) in [7, 11) is 1.58. The molecule has 0 aliphatic rings. The number of nitrogens with one attached hydrogen (secondary N) is 1. The third kappa shape index (κ3) is 4.52. The van der Waals surface area contributed by atoms with E-state index in [9.17, 15) is 4.79 Å². The summed E-state index contributed by atoms with van der Waals surface area (Å²) in [5, 5.41) is 2.91. The van der Waals surface area contributed by atoms with Gasteiger partial charge in [-0.15, -0.1) is 0 Å². The molecule has 0 aliphatic heterocycles. The van der Waals surface area contributed by atoms with E-state index in [1.807, 2.05) is 38.1 Å². The maximum absolute atomic E-state index is 12.2. The lowest BCUT2D eigenvalue weighted by atomic mass is 10.2. The number of carbonyl (C=O) groups is 1. The van der Waals surface area contributed by atoms with Crippen LogP contribution in [0.2, 0.25) is 0 Å². The second-order valence-corrected chi connectivity index (χ2v) is 5.23. The topological polar surface area (TPSA) is 47.6 Å². The van der Waals surface area contributed by atoms with Gasteiger partial charge in [-0.1, -0.05) is 23.8 Å². The maximum Gasteiger partial charge on any atom is 0.251 e. The van der Waals surface area contributed by atoms with Gasteiger partial charge in [-0.25, -0.2) is 0 Å². The first kappa shape index (κ1) is 15.9. The average Bonchev–Trinajstić information content (AvgIpc) is 2.54. The molecule has 22 heavy (non-hydrogen) atoms. The van der Waals surface area contributed by atoms with E-state index in [0.717, 1.165) is 5.75 Å². The first-order valence-electron chi connectivity index (χ1n) is 7.23. The summed E-state index contributed by atoms with van der Waals surface area (Å²) in [5.74, 6) is 1.32. The third-order valence-corrected chi connectivity index (χ3v) is 3.23. The SMILES string of the molecule is COc1cccc(C(=O)NC(C)COc2ccc(C)cc2)c1. The third-order valence-electron chi connectivity index (χ3n) is 3.23. The van der Waals surface area contributed by atoms with E-state index in [4.69, 9.17) is 9.47 Å². The summed E-state index contributed by atoms with van der Waals surface area (Å²) in [6.45, 7) is 4.35. The van der Waals surface area contributed by atoms with Crippen molar-refractivity contribution in [1.82, 2.24) is 5.32 Å². The molecule has 0 saturated carbocycles. The molecule has 0 radical (unpaired) electrons. The number of ether oxygens (including phenoxy) is 2. The van der Waals surface area contributed by atoms with Gasteiger partial charge in [0.15, 0.2) is 0 Å². The van der Waals surface area contributed by atoms with Crippen LogP contribution in [0.25, 0.3) is 0 Å². The van der Waals surface area contributed by atoms with Crippen molar-refractivity contribution in [2.45, 2.75) is 19.9 Å². The zero-order valence-corrected chi connectivity index (χ0v) is 13.1. The summed E-state index contributed by atoms with van der Waals surface area (Å²) < 4.78 is 10.8. The van der Waals surface area contributed by atoms with Crippen LogP contribution in [-0.4, -0.2) is 25.7 Å². The smallest absolute Gasteiger partial charge is 0.251 e. The second-order valence-electron chi connectivity index (χ2n) is 5.23. The van der Waals surface area contributed by atoms with Crippen LogP contribution in [0.5, 0.6) is 11.5 Å². The zero-order valence-electron chi connectivity index (χ0n) is 13.1. The van der Waals surface area contributed by atoms with Crippen molar-refractivity contribution in [2.24, 2.45) is 0 Å². The molecule has 0 bridgehead atoms. The maximum atomic E-state index is 12.2. The van der Waals surface area contributed by atoms with Crippen LogP contribution in [0.15, 0.2) is 48.5 Å². The molecule has 0 saturated heterocycles. The fourth-order valence-electron chi connectivity index (χ4n) is 1.97.